The molecule has 1 aromatic heterocycles. The van der Waals surface area contributed by atoms with E-state index in [4.69, 9.17) is 19.2 Å². The first-order chi connectivity index (χ1) is 22.4. The summed E-state index contributed by atoms with van der Waals surface area (Å²) in [7, 11) is 3.28. The summed E-state index contributed by atoms with van der Waals surface area (Å²) in [5.74, 6) is 2.50. The highest BCUT2D eigenvalue weighted by Gasteiger charge is 2.26. The van der Waals surface area contributed by atoms with Gasteiger partial charge in [0.2, 0.25) is 11.9 Å². The second-order valence-electron chi connectivity index (χ2n) is 12.7. The zero-order chi connectivity index (χ0) is 33.7. The summed E-state index contributed by atoms with van der Waals surface area (Å²) in [5.41, 5.74) is 3.90. The van der Waals surface area contributed by atoms with Crippen LogP contribution in [0.4, 0.5) is 39.3 Å². The number of hydrogen-bond acceptors (Lipinski definition) is 11. The quantitative estimate of drug-likeness (QED) is 0.343. The van der Waals surface area contributed by atoms with Gasteiger partial charge in [0, 0.05) is 94.5 Å². The average Bonchev–Trinajstić information content (AvgIpc) is 3.06. The van der Waals surface area contributed by atoms with Crippen LogP contribution in [0, 0.1) is 6.92 Å². The number of aromatic nitrogens is 2. The van der Waals surface area contributed by atoms with Gasteiger partial charge in [-0.1, -0.05) is 0 Å². The average molecular weight is 647 g/mol. The number of carbonyl (C=O) groups excluding carboxylic acids is 2. The van der Waals surface area contributed by atoms with Gasteiger partial charge in [-0.15, -0.1) is 0 Å². The number of carbonyl (C=O) groups is 2. The molecule has 2 N–H and O–H groups in total. The minimum absolute atomic E-state index is 0.110. The number of nitrogens with one attached hydrogen (secondary N) is 2. The molecule has 3 heterocycles. The molecule has 0 radical (unpaired) electrons. The third kappa shape index (κ3) is 8.27. The lowest BCUT2D eigenvalue weighted by molar-refractivity contribution is -0.129. The van der Waals surface area contributed by atoms with Crippen LogP contribution in [0.15, 0.2) is 42.6 Å². The van der Waals surface area contributed by atoms with E-state index >= 15 is 0 Å². The molecule has 0 aliphatic carbocycles. The number of amides is 2. The first kappa shape index (κ1) is 33.4. The molecular weight excluding hydrogens is 600 g/mol. The Bertz CT molecular complexity index is 1580. The van der Waals surface area contributed by atoms with Crippen LogP contribution < -0.4 is 29.9 Å². The van der Waals surface area contributed by atoms with Crippen LogP contribution in [0.2, 0.25) is 0 Å². The Morgan fingerprint density at radius 3 is 1.77 bits per heavy atom. The number of piperazine rings is 2. The third-order valence-corrected chi connectivity index (χ3v) is 8.23. The van der Waals surface area contributed by atoms with Crippen LogP contribution in [-0.4, -0.2) is 104 Å². The molecule has 0 bridgehead atoms. The summed E-state index contributed by atoms with van der Waals surface area (Å²) < 4.78 is 17.0. The maximum atomic E-state index is 12.5. The molecule has 0 spiro atoms. The van der Waals surface area contributed by atoms with E-state index in [1.807, 2.05) is 69.0 Å². The summed E-state index contributed by atoms with van der Waals surface area (Å²) in [6.45, 7) is 14.7. The molecule has 2 saturated heterocycles. The Kier molecular flexibility index (Phi) is 10.1. The molecular formula is C34H46N8O5. The number of benzene rings is 2. The number of hydrogen-bond donors (Lipinski definition) is 2. The predicted octanol–water partition coefficient (Wildman–Crippen LogP) is 5.02. The zero-order valence-electron chi connectivity index (χ0n) is 28.4. The second kappa shape index (κ2) is 14.2. The number of aryl methyl sites for hydroxylation is 1. The van der Waals surface area contributed by atoms with Crippen molar-refractivity contribution in [1.29, 1.82) is 0 Å². The molecule has 13 nitrogen and oxygen atoms in total. The van der Waals surface area contributed by atoms with Crippen molar-refractivity contribution in [1.82, 2.24) is 19.8 Å². The van der Waals surface area contributed by atoms with Gasteiger partial charge < -0.3 is 44.4 Å². The van der Waals surface area contributed by atoms with E-state index in [-0.39, 0.29) is 12.0 Å². The van der Waals surface area contributed by atoms with Gasteiger partial charge in [0.05, 0.1) is 25.6 Å². The van der Waals surface area contributed by atoms with E-state index in [0.717, 1.165) is 41.4 Å². The number of methoxy groups -OCH3 is 2. The van der Waals surface area contributed by atoms with Crippen molar-refractivity contribution in [2.24, 2.45) is 0 Å². The highest BCUT2D eigenvalue weighted by Crippen LogP contribution is 2.35. The SMILES string of the molecule is COc1cc(N2CCN(C(=O)OC(C)(C)C)CC2)ccc1Nc1ncc(C)c(Nc2ccc(N3CCN(C(C)=O)CC3)cc2OC)n1. The fourth-order valence-electron chi connectivity index (χ4n) is 5.59. The Hall–Kier alpha value is -4.94. The first-order valence-corrected chi connectivity index (χ1v) is 15.9. The van der Waals surface area contributed by atoms with Crippen LogP contribution in [0.25, 0.3) is 0 Å². The van der Waals surface area contributed by atoms with Crippen LogP contribution in [0.1, 0.15) is 33.3 Å². The lowest BCUT2D eigenvalue weighted by Gasteiger charge is -2.37. The van der Waals surface area contributed by atoms with E-state index in [2.05, 4.69) is 25.4 Å². The summed E-state index contributed by atoms with van der Waals surface area (Å²) in [5, 5.41) is 6.71. The van der Waals surface area contributed by atoms with Crippen LogP contribution in [0.5, 0.6) is 11.5 Å². The first-order valence-electron chi connectivity index (χ1n) is 15.9. The molecule has 5 rings (SSSR count). The zero-order valence-corrected chi connectivity index (χ0v) is 28.4. The molecule has 2 fully saturated rings. The van der Waals surface area contributed by atoms with Gasteiger partial charge in [-0.3, -0.25) is 4.79 Å². The van der Waals surface area contributed by atoms with Crippen molar-refractivity contribution in [3.8, 4) is 11.5 Å². The van der Waals surface area contributed by atoms with Crippen molar-refractivity contribution >= 4 is 46.5 Å². The summed E-state index contributed by atoms with van der Waals surface area (Å²) in [6.07, 6.45) is 1.48. The standard InChI is InChI=1S/C34H46N8O5/c1-23-22-35-32(38-31(23)36-27-10-8-25(20-29(27)45-6)40-14-12-39(13-15-40)24(2)43)37-28-11-9-26(21-30(28)46-7)41-16-18-42(19-17-41)33(44)47-34(3,4)5/h8-11,20-22H,12-19H2,1-7H3,(H2,35,36,37,38). The lowest BCUT2D eigenvalue weighted by atomic mass is 10.2. The van der Waals surface area contributed by atoms with Crippen molar-refractivity contribution in [3.05, 3.63) is 48.2 Å². The van der Waals surface area contributed by atoms with Gasteiger partial charge in [-0.25, -0.2) is 9.78 Å². The van der Waals surface area contributed by atoms with Crippen molar-refractivity contribution in [2.45, 2.75) is 40.2 Å². The number of rotatable bonds is 8. The molecule has 0 saturated carbocycles. The second-order valence-corrected chi connectivity index (χ2v) is 12.7. The molecule has 13 heteroatoms. The molecule has 2 amide bonds. The molecule has 252 valence electrons. The summed E-state index contributed by atoms with van der Waals surface area (Å²) in [4.78, 5) is 41.6. The van der Waals surface area contributed by atoms with E-state index < -0.39 is 5.60 Å². The number of nitrogens with zero attached hydrogens (tertiary/aromatic N) is 6. The molecule has 47 heavy (non-hydrogen) atoms. The Morgan fingerprint density at radius 2 is 1.28 bits per heavy atom. The Labute approximate surface area is 276 Å². The minimum Gasteiger partial charge on any atom is -0.494 e. The molecule has 0 unspecified atom stereocenters. The maximum Gasteiger partial charge on any atom is 0.410 e. The lowest BCUT2D eigenvalue weighted by Crippen LogP contribution is -2.50. The van der Waals surface area contributed by atoms with E-state index in [0.29, 0.717) is 62.5 Å². The summed E-state index contributed by atoms with van der Waals surface area (Å²) >= 11 is 0. The van der Waals surface area contributed by atoms with Crippen LogP contribution in [-0.2, 0) is 9.53 Å². The third-order valence-electron chi connectivity index (χ3n) is 8.23. The van der Waals surface area contributed by atoms with Crippen molar-refractivity contribution < 1.29 is 23.8 Å². The van der Waals surface area contributed by atoms with Gasteiger partial charge in [0.25, 0.3) is 0 Å². The Morgan fingerprint density at radius 1 is 0.766 bits per heavy atom. The van der Waals surface area contributed by atoms with Gasteiger partial charge >= 0.3 is 6.09 Å². The van der Waals surface area contributed by atoms with Crippen molar-refractivity contribution in [2.75, 3.05) is 87.0 Å². The van der Waals surface area contributed by atoms with E-state index in [9.17, 15) is 9.59 Å². The number of anilines is 6. The van der Waals surface area contributed by atoms with Gasteiger partial charge in [0.15, 0.2) is 0 Å². The van der Waals surface area contributed by atoms with Gasteiger partial charge in [0.1, 0.15) is 22.9 Å². The fraction of sp³-hybridized carbons (Fsp3) is 0.471. The topological polar surface area (TPSA) is 125 Å². The van der Waals surface area contributed by atoms with Crippen molar-refractivity contribution in [3.63, 3.8) is 0 Å². The molecule has 2 aliphatic heterocycles. The molecule has 3 aromatic rings. The fourth-order valence-corrected chi connectivity index (χ4v) is 5.59. The van der Waals surface area contributed by atoms with E-state index in [1.165, 1.54) is 0 Å². The van der Waals surface area contributed by atoms with E-state index in [1.54, 1.807) is 32.2 Å². The Balaban J connectivity index is 1.25. The highest BCUT2D eigenvalue weighted by molar-refractivity contribution is 5.75. The molecule has 2 aliphatic rings. The predicted molar refractivity (Wildman–Crippen MR) is 184 cm³/mol. The number of ether oxygens (including phenoxy) is 3. The smallest absolute Gasteiger partial charge is 0.410 e. The van der Waals surface area contributed by atoms with Crippen LogP contribution in [0.3, 0.4) is 0 Å². The summed E-state index contributed by atoms with van der Waals surface area (Å²) in [6, 6.07) is 12.0. The normalized spacial score (nSPS) is 15.3. The molecule has 0 atom stereocenters. The van der Waals surface area contributed by atoms with Gasteiger partial charge in [-0.05, 0) is 52.0 Å². The molecule has 2 aromatic carbocycles. The van der Waals surface area contributed by atoms with Gasteiger partial charge in [-0.2, -0.15) is 4.98 Å². The minimum atomic E-state index is -0.518. The monoisotopic (exact) mass is 646 g/mol. The van der Waals surface area contributed by atoms with Crippen LogP contribution >= 0.6 is 0 Å². The highest BCUT2D eigenvalue weighted by atomic mass is 16.6. The maximum absolute atomic E-state index is 12.5. The largest absolute Gasteiger partial charge is 0.494 e.